The summed E-state index contributed by atoms with van der Waals surface area (Å²) in [4.78, 5) is 19.4. The van der Waals surface area contributed by atoms with Crippen molar-refractivity contribution in [3.63, 3.8) is 0 Å². The van der Waals surface area contributed by atoms with Gasteiger partial charge in [-0.15, -0.1) is 0 Å². The Morgan fingerprint density at radius 2 is 0.815 bits per heavy atom. The lowest BCUT2D eigenvalue weighted by Crippen LogP contribution is -2.19. The summed E-state index contributed by atoms with van der Waals surface area (Å²) in [5, 5.41) is 19.0. The molecule has 0 heterocycles. The maximum atomic E-state index is 14.6. The van der Waals surface area contributed by atoms with Gasteiger partial charge in [0.2, 0.25) is 11.6 Å². The van der Waals surface area contributed by atoms with Crippen LogP contribution in [0.15, 0.2) is 33.1 Å². The number of benzene rings is 3. The SMILES string of the molecule is CCOC(=O)/C(C#N)=C/c1cc(OS(=O)(=O)c2c(F)c(F)c(F)c(F)c2F)c(/C=C(\C#N)C(=O)OCC)cc1OS(=O)(=O)c1c(F)c(F)c(F)c(F)c1F. The largest absolute Gasteiger partial charge is 0.462 e. The van der Waals surface area contributed by atoms with Gasteiger partial charge in [0.25, 0.3) is 0 Å². The van der Waals surface area contributed by atoms with Crippen molar-refractivity contribution in [2.45, 2.75) is 23.6 Å². The van der Waals surface area contributed by atoms with Crippen molar-refractivity contribution in [2.75, 3.05) is 13.2 Å². The van der Waals surface area contributed by atoms with Crippen molar-refractivity contribution in [2.24, 2.45) is 0 Å². The molecule has 0 aliphatic heterocycles. The first-order valence-electron chi connectivity index (χ1n) is 13.8. The van der Waals surface area contributed by atoms with Crippen molar-refractivity contribution in [1.82, 2.24) is 0 Å². The smallest absolute Gasteiger partial charge is 0.348 e. The van der Waals surface area contributed by atoms with E-state index in [1.165, 1.54) is 26.0 Å². The van der Waals surface area contributed by atoms with Gasteiger partial charge in [-0.05, 0) is 38.1 Å². The molecule has 12 nitrogen and oxygen atoms in total. The maximum Gasteiger partial charge on any atom is 0.348 e. The number of nitriles is 2. The highest BCUT2D eigenvalue weighted by atomic mass is 32.2. The van der Waals surface area contributed by atoms with Crippen LogP contribution in [-0.2, 0) is 39.3 Å². The predicted octanol–water partition coefficient (Wildman–Crippen LogP) is 5.55. The van der Waals surface area contributed by atoms with Crippen LogP contribution in [-0.4, -0.2) is 42.0 Å². The van der Waals surface area contributed by atoms with Crippen LogP contribution in [0.3, 0.4) is 0 Å². The second kappa shape index (κ2) is 16.3. The number of carbonyl (C=O) groups is 2. The molecular formula is C30H14F10N2O10S2. The predicted molar refractivity (Wildman–Crippen MR) is 155 cm³/mol. The fourth-order valence-electron chi connectivity index (χ4n) is 3.89. The standard InChI is InChI=1S/C30H14F10N2O10S2/c1-3-49-29(43)13(9-41)5-11-7-16(52-54(47,48)28-25(39)21(35)18(32)22(36)26(28)40)12(6-14(10-42)30(44)50-4-2)8-15(11)51-53(45,46)27-23(37)19(33)17(31)20(34)24(27)38/h5-8H,3-4H2,1-2H3/b13-5+,14-6+. The molecule has 0 radical (unpaired) electrons. The molecule has 286 valence electrons. The van der Waals surface area contributed by atoms with Crippen LogP contribution >= 0.6 is 0 Å². The zero-order valence-corrected chi connectivity index (χ0v) is 27.9. The van der Waals surface area contributed by atoms with E-state index in [1.54, 1.807) is 0 Å². The zero-order valence-electron chi connectivity index (χ0n) is 26.3. The number of rotatable bonds is 12. The van der Waals surface area contributed by atoms with Crippen molar-refractivity contribution in [1.29, 1.82) is 10.5 Å². The molecule has 0 atom stereocenters. The van der Waals surface area contributed by atoms with Gasteiger partial charge < -0.3 is 17.8 Å². The van der Waals surface area contributed by atoms with Gasteiger partial charge in [-0.2, -0.15) is 27.4 Å². The average molecular weight is 817 g/mol. The molecule has 0 spiro atoms. The van der Waals surface area contributed by atoms with Crippen LogP contribution in [0.25, 0.3) is 12.2 Å². The number of esters is 2. The molecule has 0 aliphatic carbocycles. The quantitative estimate of drug-likeness (QED) is 0.0423. The third kappa shape index (κ3) is 8.24. The molecule has 3 rings (SSSR count). The molecule has 0 N–H and O–H groups in total. The van der Waals surface area contributed by atoms with Gasteiger partial charge in [0, 0.05) is 11.1 Å². The number of hydrogen-bond donors (Lipinski definition) is 0. The highest BCUT2D eigenvalue weighted by Gasteiger charge is 2.38. The minimum absolute atomic E-state index is 0.134. The topological polar surface area (TPSA) is 187 Å². The van der Waals surface area contributed by atoms with E-state index in [4.69, 9.17) is 0 Å². The lowest BCUT2D eigenvalue weighted by molar-refractivity contribution is -0.138. The highest BCUT2D eigenvalue weighted by molar-refractivity contribution is 7.87. The second-order valence-corrected chi connectivity index (χ2v) is 12.5. The van der Waals surface area contributed by atoms with Gasteiger partial charge >= 0.3 is 32.2 Å². The Bertz CT molecular complexity index is 2250. The lowest BCUT2D eigenvalue weighted by Gasteiger charge is -2.16. The van der Waals surface area contributed by atoms with Gasteiger partial charge in [0.15, 0.2) is 67.8 Å². The fraction of sp³-hybridized carbons (Fsp3) is 0.133. The molecule has 0 fully saturated rings. The summed E-state index contributed by atoms with van der Waals surface area (Å²) in [6, 6.07) is 2.74. The summed E-state index contributed by atoms with van der Waals surface area (Å²) < 4.78 is 212. The highest BCUT2D eigenvalue weighted by Crippen LogP contribution is 2.38. The fourth-order valence-corrected chi connectivity index (χ4v) is 6.06. The molecule has 0 saturated carbocycles. The minimum atomic E-state index is -6.30. The summed E-state index contributed by atoms with van der Waals surface area (Å²) in [5.41, 5.74) is -4.67. The summed E-state index contributed by atoms with van der Waals surface area (Å²) >= 11 is 0. The molecule has 0 bridgehead atoms. The second-order valence-electron chi connectivity index (χ2n) is 9.58. The van der Waals surface area contributed by atoms with E-state index in [1.807, 2.05) is 0 Å². The van der Waals surface area contributed by atoms with Crippen LogP contribution in [0, 0.1) is 80.8 Å². The van der Waals surface area contributed by atoms with Crippen LogP contribution < -0.4 is 8.37 Å². The summed E-state index contributed by atoms with van der Waals surface area (Å²) in [6.45, 7) is 1.59. The van der Waals surface area contributed by atoms with Crippen LogP contribution in [0.4, 0.5) is 43.9 Å². The molecule has 0 saturated heterocycles. The molecule has 24 heteroatoms. The first kappa shape index (κ1) is 42.3. The maximum absolute atomic E-state index is 14.6. The molecule has 0 amide bonds. The van der Waals surface area contributed by atoms with E-state index in [-0.39, 0.29) is 24.3 Å². The van der Waals surface area contributed by atoms with Crippen molar-refractivity contribution < 1.29 is 88.2 Å². The third-order valence-electron chi connectivity index (χ3n) is 6.21. The minimum Gasteiger partial charge on any atom is -0.462 e. The third-order valence-corrected chi connectivity index (χ3v) is 8.73. The molecule has 0 aromatic heterocycles. The molecular weight excluding hydrogens is 802 g/mol. The Morgan fingerprint density at radius 3 is 1.06 bits per heavy atom. The molecule has 3 aromatic rings. The molecule has 0 aliphatic rings. The number of nitrogens with zero attached hydrogens (tertiary/aromatic N) is 2. The van der Waals surface area contributed by atoms with E-state index < -0.39 is 147 Å². The van der Waals surface area contributed by atoms with Crippen LogP contribution in [0.1, 0.15) is 25.0 Å². The Labute approximate surface area is 295 Å². The van der Waals surface area contributed by atoms with E-state index >= 15 is 0 Å². The van der Waals surface area contributed by atoms with Crippen LogP contribution in [0.2, 0.25) is 0 Å². The molecule has 54 heavy (non-hydrogen) atoms. The van der Waals surface area contributed by atoms with Crippen molar-refractivity contribution in [3.05, 3.63) is 92.6 Å². The Kier molecular flexibility index (Phi) is 12.7. The van der Waals surface area contributed by atoms with E-state index in [0.29, 0.717) is 0 Å². The average Bonchev–Trinajstić information content (AvgIpc) is 3.10. The van der Waals surface area contributed by atoms with E-state index in [2.05, 4.69) is 17.8 Å². The Hall–Kier alpha value is -6.14. The van der Waals surface area contributed by atoms with E-state index in [0.717, 1.165) is 0 Å². The molecule has 0 unspecified atom stereocenters. The first-order chi connectivity index (χ1) is 25.1. The van der Waals surface area contributed by atoms with Crippen molar-refractivity contribution in [3.8, 4) is 23.6 Å². The zero-order chi connectivity index (χ0) is 41.0. The Balaban J connectivity index is 2.54. The number of ether oxygens (including phenoxy) is 2. The summed E-state index contributed by atoms with van der Waals surface area (Å²) in [7, 11) is -12.6. The number of carbonyl (C=O) groups excluding carboxylic acids is 2. The number of hydrogen-bond acceptors (Lipinski definition) is 12. The normalized spacial score (nSPS) is 12.1. The summed E-state index contributed by atoms with van der Waals surface area (Å²) in [5.74, 6) is -34.7. The van der Waals surface area contributed by atoms with Gasteiger partial charge in [-0.3, -0.25) is 0 Å². The van der Waals surface area contributed by atoms with Gasteiger partial charge in [-0.25, -0.2) is 53.5 Å². The monoisotopic (exact) mass is 816 g/mol. The van der Waals surface area contributed by atoms with Gasteiger partial charge in [0.1, 0.15) is 23.3 Å². The molecule has 3 aromatic carbocycles. The lowest BCUT2D eigenvalue weighted by atomic mass is 10.0. The van der Waals surface area contributed by atoms with Gasteiger partial charge in [0.05, 0.1) is 13.2 Å². The number of halogens is 10. The van der Waals surface area contributed by atoms with Crippen LogP contribution in [0.5, 0.6) is 11.5 Å². The Morgan fingerprint density at radius 1 is 0.556 bits per heavy atom. The first-order valence-corrected chi connectivity index (χ1v) is 16.6. The summed E-state index contributed by atoms with van der Waals surface area (Å²) in [6.07, 6.45) is 0.507. The van der Waals surface area contributed by atoms with E-state index in [9.17, 15) is 80.9 Å². The van der Waals surface area contributed by atoms with Gasteiger partial charge in [-0.1, -0.05) is 0 Å². The van der Waals surface area contributed by atoms with Crippen molar-refractivity contribution >= 4 is 44.3 Å².